The van der Waals surface area contributed by atoms with Gasteiger partial charge in [0.15, 0.2) is 0 Å². The Kier molecular flexibility index (Phi) is 10.4. The zero-order chi connectivity index (χ0) is 26.3. The van der Waals surface area contributed by atoms with Crippen LogP contribution in [0, 0.1) is 6.92 Å². The first-order valence-electron chi connectivity index (χ1n) is 11.5. The molecule has 192 valence electrons. The number of carbonyl (C=O) groups excluding carboxylic acids is 2. The third-order valence-electron chi connectivity index (χ3n) is 5.74. The Morgan fingerprint density at radius 2 is 1.66 bits per heavy atom. The summed E-state index contributed by atoms with van der Waals surface area (Å²) in [6.07, 6.45) is 2.09. The molecular formula is C25H33Cl2N3O4S. The lowest BCUT2D eigenvalue weighted by molar-refractivity contribution is -0.140. The molecule has 0 aliphatic carbocycles. The molecule has 7 nitrogen and oxygen atoms in total. The predicted molar refractivity (Wildman–Crippen MR) is 142 cm³/mol. The summed E-state index contributed by atoms with van der Waals surface area (Å²) in [5, 5.41) is 3.13. The van der Waals surface area contributed by atoms with E-state index < -0.39 is 28.5 Å². The molecule has 35 heavy (non-hydrogen) atoms. The average molecular weight is 543 g/mol. The van der Waals surface area contributed by atoms with Gasteiger partial charge in [0.25, 0.3) is 0 Å². The van der Waals surface area contributed by atoms with Crippen LogP contribution in [0.4, 0.5) is 5.69 Å². The second-order valence-corrected chi connectivity index (χ2v) is 11.3. The first-order chi connectivity index (χ1) is 16.4. The van der Waals surface area contributed by atoms with Crippen LogP contribution >= 0.6 is 23.2 Å². The average Bonchev–Trinajstić information content (AvgIpc) is 2.79. The van der Waals surface area contributed by atoms with E-state index in [-0.39, 0.29) is 34.2 Å². The minimum atomic E-state index is -3.90. The number of nitrogens with one attached hydrogen (secondary N) is 1. The fourth-order valence-corrected chi connectivity index (χ4v) is 4.83. The van der Waals surface area contributed by atoms with Gasteiger partial charge >= 0.3 is 0 Å². The molecule has 2 atom stereocenters. The number of hydrogen-bond donors (Lipinski definition) is 1. The van der Waals surface area contributed by atoms with Crippen molar-refractivity contribution in [2.45, 2.75) is 59.2 Å². The van der Waals surface area contributed by atoms with Gasteiger partial charge in [-0.2, -0.15) is 0 Å². The second-order valence-electron chi connectivity index (χ2n) is 8.59. The fraction of sp³-hybridized carbons (Fsp3) is 0.440. The summed E-state index contributed by atoms with van der Waals surface area (Å²) in [5.41, 5.74) is 1.99. The Bertz CT molecular complexity index is 1140. The Morgan fingerprint density at radius 1 is 1.03 bits per heavy atom. The summed E-state index contributed by atoms with van der Waals surface area (Å²) in [6.45, 7) is 7.24. The van der Waals surface area contributed by atoms with Crippen molar-refractivity contribution in [3.05, 3.63) is 63.6 Å². The number of carbonyl (C=O) groups is 2. The molecule has 0 spiro atoms. The van der Waals surface area contributed by atoms with Gasteiger partial charge in [0.05, 0.1) is 22.0 Å². The molecule has 0 aliphatic heterocycles. The second kappa shape index (κ2) is 12.6. The minimum Gasteiger partial charge on any atom is -0.352 e. The largest absolute Gasteiger partial charge is 0.352 e. The highest BCUT2D eigenvalue weighted by Crippen LogP contribution is 2.33. The van der Waals surface area contributed by atoms with Crippen molar-refractivity contribution < 1.29 is 18.0 Å². The summed E-state index contributed by atoms with van der Waals surface area (Å²) < 4.78 is 26.3. The lowest BCUT2D eigenvalue weighted by Crippen LogP contribution is -2.53. The smallest absolute Gasteiger partial charge is 0.244 e. The van der Waals surface area contributed by atoms with Gasteiger partial charge in [0.2, 0.25) is 21.8 Å². The van der Waals surface area contributed by atoms with E-state index in [1.165, 1.54) is 17.0 Å². The van der Waals surface area contributed by atoms with Crippen molar-refractivity contribution in [2.24, 2.45) is 0 Å². The maximum absolute atomic E-state index is 13.7. The van der Waals surface area contributed by atoms with E-state index in [1.807, 2.05) is 52.0 Å². The molecule has 2 aromatic carbocycles. The van der Waals surface area contributed by atoms with E-state index >= 15 is 0 Å². The van der Waals surface area contributed by atoms with Gasteiger partial charge in [0, 0.05) is 12.6 Å². The molecule has 0 unspecified atom stereocenters. The monoisotopic (exact) mass is 541 g/mol. The van der Waals surface area contributed by atoms with Gasteiger partial charge in [-0.05, 0) is 44.4 Å². The van der Waals surface area contributed by atoms with E-state index in [2.05, 4.69) is 5.32 Å². The van der Waals surface area contributed by atoms with Crippen molar-refractivity contribution in [3.8, 4) is 0 Å². The van der Waals surface area contributed by atoms with Crippen LogP contribution in [0.2, 0.25) is 10.0 Å². The van der Waals surface area contributed by atoms with Crippen molar-refractivity contribution in [3.63, 3.8) is 0 Å². The molecule has 0 fully saturated rings. The van der Waals surface area contributed by atoms with Crippen molar-refractivity contribution >= 4 is 50.7 Å². The Hall–Kier alpha value is -2.29. The van der Waals surface area contributed by atoms with E-state index in [4.69, 9.17) is 23.2 Å². The molecular weight excluding hydrogens is 509 g/mol. The number of hydrogen-bond acceptors (Lipinski definition) is 4. The van der Waals surface area contributed by atoms with Gasteiger partial charge in [-0.1, -0.05) is 72.9 Å². The molecule has 10 heteroatoms. The molecule has 2 aromatic rings. The number of aryl methyl sites for hydroxylation is 1. The first-order valence-corrected chi connectivity index (χ1v) is 14.1. The van der Waals surface area contributed by atoms with Crippen LogP contribution < -0.4 is 9.62 Å². The SMILES string of the molecule is CC[C@@H](C)NC(=O)[C@@H](CC)N(Cc1ccc(C)cc1)C(=O)CN(c1cccc(Cl)c1Cl)S(C)(=O)=O. The van der Waals surface area contributed by atoms with Crippen molar-refractivity contribution in [1.29, 1.82) is 0 Å². The molecule has 2 rings (SSSR count). The van der Waals surface area contributed by atoms with Crippen LogP contribution in [0.1, 0.15) is 44.7 Å². The number of nitrogens with zero attached hydrogens (tertiary/aromatic N) is 2. The van der Waals surface area contributed by atoms with E-state index in [0.717, 1.165) is 28.1 Å². The maximum atomic E-state index is 13.7. The normalized spacial score (nSPS) is 13.1. The highest BCUT2D eigenvalue weighted by molar-refractivity contribution is 7.92. The van der Waals surface area contributed by atoms with Crippen molar-refractivity contribution in [2.75, 3.05) is 17.1 Å². The zero-order valence-electron chi connectivity index (χ0n) is 20.7. The number of anilines is 1. The van der Waals surface area contributed by atoms with E-state index in [0.29, 0.717) is 6.42 Å². The fourth-order valence-electron chi connectivity index (χ4n) is 3.53. The quantitative estimate of drug-likeness (QED) is 0.443. The molecule has 0 aliphatic rings. The van der Waals surface area contributed by atoms with Gasteiger partial charge < -0.3 is 10.2 Å². The molecule has 0 bridgehead atoms. The highest BCUT2D eigenvalue weighted by Gasteiger charge is 2.32. The molecule has 0 saturated carbocycles. The first kappa shape index (κ1) is 28.9. The lowest BCUT2D eigenvalue weighted by atomic mass is 10.1. The third-order valence-corrected chi connectivity index (χ3v) is 7.67. The van der Waals surface area contributed by atoms with Crippen LogP contribution in [0.3, 0.4) is 0 Å². The van der Waals surface area contributed by atoms with Gasteiger partial charge in [-0.15, -0.1) is 0 Å². The summed E-state index contributed by atoms with van der Waals surface area (Å²) >= 11 is 12.4. The number of sulfonamides is 1. The topological polar surface area (TPSA) is 86.8 Å². The summed E-state index contributed by atoms with van der Waals surface area (Å²) in [7, 11) is -3.90. The number of halogens is 2. The van der Waals surface area contributed by atoms with Crippen molar-refractivity contribution in [1.82, 2.24) is 10.2 Å². The Labute approximate surface area is 218 Å². The van der Waals surface area contributed by atoms with E-state index in [1.54, 1.807) is 6.07 Å². The van der Waals surface area contributed by atoms with Crippen LogP contribution in [0.15, 0.2) is 42.5 Å². The molecule has 1 N–H and O–H groups in total. The number of benzene rings is 2. The number of rotatable bonds is 11. The number of amides is 2. The predicted octanol–water partition coefficient (Wildman–Crippen LogP) is 4.79. The van der Waals surface area contributed by atoms with Gasteiger partial charge in [0.1, 0.15) is 12.6 Å². The highest BCUT2D eigenvalue weighted by atomic mass is 35.5. The Balaban J connectivity index is 2.47. The van der Waals surface area contributed by atoms with Gasteiger partial charge in [-0.3, -0.25) is 13.9 Å². The molecule has 0 radical (unpaired) electrons. The van der Waals surface area contributed by atoms with Crippen LogP contribution in [0.25, 0.3) is 0 Å². The zero-order valence-corrected chi connectivity index (χ0v) is 23.0. The summed E-state index contributed by atoms with van der Waals surface area (Å²) in [4.78, 5) is 28.2. The minimum absolute atomic E-state index is 0.0269. The molecule has 0 heterocycles. The Morgan fingerprint density at radius 3 is 2.20 bits per heavy atom. The van der Waals surface area contributed by atoms with E-state index in [9.17, 15) is 18.0 Å². The molecule has 0 saturated heterocycles. The lowest BCUT2D eigenvalue weighted by Gasteiger charge is -2.33. The van der Waals surface area contributed by atoms with Crippen LogP contribution in [-0.2, 0) is 26.2 Å². The van der Waals surface area contributed by atoms with Crippen LogP contribution in [-0.4, -0.2) is 50.0 Å². The maximum Gasteiger partial charge on any atom is 0.244 e. The standard InChI is InChI=1S/C25H33Cl2N3O4S/c1-6-18(4)28-25(32)21(7-2)29(15-19-13-11-17(3)12-14-19)23(31)16-30(35(5,33)34)22-10-8-9-20(26)24(22)27/h8-14,18,21H,6-7,15-16H2,1-5H3,(H,28,32)/t18-,21-/m1/s1. The van der Waals surface area contributed by atoms with Crippen LogP contribution in [0.5, 0.6) is 0 Å². The molecule has 0 aromatic heterocycles. The third kappa shape index (κ3) is 7.85. The summed E-state index contributed by atoms with van der Waals surface area (Å²) in [6, 6.07) is 11.4. The summed E-state index contributed by atoms with van der Waals surface area (Å²) in [5.74, 6) is -0.813. The molecule has 2 amide bonds. The van der Waals surface area contributed by atoms with Gasteiger partial charge in [-0.25, -0.2) is 8.42 Å².